The molecule has 0 aromatic carbocycles. The van der Waals surface area contributed by atoms with Gasteiger partial charge in [-0.25, -0.2) is 4.79 Å². The van der Waals surface area contributed by atoms with E-state index in [0.717, 1.165) is 0 Å². The van der Waals surface area contributed by atoms with Crippen molar-refractivity contribution < 1.29 is 19.4 Å². The molecular weight excluding hydrogens is 248 g/mol. The van der Waals surface area contributed by atoms with Crippen LogP contribution in [-0.2, 0) is 9.53 Å². The Kier molecular flexibility index (Phi) is 6.08. The minimum absolute atomic E-state index is 0.0762. The van der Waals surface area contributed by atoms with Crippen LogP contribution in [0.3, 0.4) is 0 Å². The zero-order chi connectivity index (χ0) is 14.4. The average Bonchev–Trinajstić information content (AvgIpc) is 2.35. The number of carboxylic acid groups (broad SMARTS) is 1. The molecule has 0 saturated carbocycles. The van der Waals surface area contributed by atoms with Crippen LogP contribution in [0, 0.1) is 11.8 Å². The molecule has 0 spiro atoms. The summed E-state index contributed by atoms with van der Waals surface area (Å²) in [4.78, 5) is 24.4. The highest BCUT2D eigenvalue weighted by molar-refractivity contribution is 5.76. The first-order valence-corrected chi connectivity index (χ1v) is 6.75. The molecule has 0 radical (unpaired) electrons. The number of hydrogen-bond acceptors (Lipinski definition) is 3. The summed E-state index contributed by atoms with van der Waals surface area (Å²) in [6, 6.07) is -0.567. The molecule has 6 heteroatoms. The molecule has 6 nitrogen and oxygen atoms in total. The molecular formula is C13H24N2O4. The molecule has 1 heterocycles. The summed E-state index contributed by atoms with van der Waals surface area (Å²) in [5, 5.41) is 11.7. The summed E-state index contributed by atoms with van der Waals surface area (Å²) in [6.07, 6.45) is -0.0762. The SMILES string of the molecule is CC(C)C(C)CNC(=O)N1CCOCC1CC(=O)O. The molecule has 0 aromatic rings. The van der Waals surface area contributed by atoms with Gasteiger partial charge in [-0.2, -0.15) is 0 Å². The van der Waals surface area contributed by atoms with Crippen molar-refractivity contribution in [1.82, 2.24) is 10.2 Å². The van der Waals surface area contributed by atoms with Gasteiger partial charge in [-0.1, -0.05) is 20.8 Å². The number of ether oxygens (including phenoxy) is 1. The topological polar surface area (TPSA) is 78.9 Å². The maximum absolute atomic E-state index is 12.1. The lowest BCUT2D eigenvalue weighted by Crippen LogP contribution is -2.53. The Hall–Kier alpha value is -1.30. The van der Waals surface area contributed by atoms with Gasteiger partial charge in [0.25, 0.3) is 0 Å². The number of hydrogen-bond donors (Lipinski definition) is 2. The van der Waals surface area contributed by atoms with Crippen LogP contribution in [-0.4, -0.2) is 54.4 Å². The average molecular weight is 272 g/mol. The molecule has 1 rings (SSSR count). The van der Waals surface area contributed by atoms with E-state index in [1.54, 1.807) is 4.90 Å². The first kappa shape index (κ1) is 15.8. The number of amides is 2. The van der Waals surface area contributed by atoms with Crippen LogP contribution in [0.25, 0.3) is 0 Å². The molecule has 1 saturated heterocycles. The van der Waals surface area contributed by atoms with Crippen molar-refractivity contribution in [3.8, 4) is 0 Å². The van der Waals surface area contributed by atoms with E-state index in [9.17, 15) is 9.59 Å². The predicted molar refractivity (Wildman–Crippen MR) is 71.0 cm³/mol. The largest absolute Gasteiger partial charge is 0.481 e. The Morgan fingerprint density at radius 2 is 2.11 bits per heavy atom. The van der Waals surface area contributed by atoms with Crippen LogP contribution in [0.15, 0.2) is 0 Å². The summed E-state index contributed by atoms with van der Waals surface area (Å²) in [5.41, 5.74) is 0. The monoisotopic (exact) mass is 272 g/mol. The molecule has 0 aliphatic carbocycles. The van der Waals surface area contributed by atoms with Gasteiger partial charge in [-0.3, -0.25) is 4.79 Å². The van der Waals surface area contributed by atoms with Crippen molar-refractivity contribution in [3.63, 3.8) is 0 Å². The first-order valence-electron chi connectivity index (χ1n) is 6.75. The van der Waals surface area contributed by atoms with Gasteiger partial charge in [-0.05, 0) is 11.8 Å². The molecule has 1 aliphatic rings. The van der Waals surface area contributed by atoms with Gasteiger partial charge in [0.15, 0.2) is 0 Å². The standard InChI is InChI=1S/C13H24N2O4/c1-9(2)10(3)7-14-13(18)15-4-5-19-8-11(15)6-12(16)17/h9-11H,4-8H2,1-3H3,(H,14,18)(H,16,17). The van der Waals surface area contributed by atoms with Crippen molar-refractivity contribution in [2.45, 2.75) is 33.2 Å². The van der Waals surface area contributed by atoms with E-state index >= 15 is 0 Å². The Morgan fingerprint density at radius 1 is 1.42 bits per heavy atom. The van der Waals surface area contributed by atoms with Gasteiger partial charge in [0.2, 0.25) is 0 Å². The zero-order valence-electron chi connectivity index (χ0n) is 11.9. The van der Waals surface area contributed by atoms with Crippen LogP contribution in [0.1, 0.15) is 27.2 Å². The lowest BCUT2D eigenvalue weighted by Gasteiger charge is -2.35. The molecule has 2 unspecified atom stereocenters. The molecule has 19 heavy (non-hydrogen) atoms. The minimum Gasteiger partial charge on any atom is -0.481 e. The molecule has 2 atom stereocenters. The van der Waals surface area contributed by atoms with Crippen LogP contribution in [0.2, 0.25) is 0 Å². The summed E-state index contributed by atoms with van der Waals surface area (Å²) in [5.74, 6) is -0.0217. The fourth-order valence-electron chi connectivity index (χ4n) is 1.88. The van der Waals surface area contributed by atoms with Gasteiger partial charge < -0.3 is 20.1 Å². The third kappa shape index (κ3) is 5.06. The van der Waals surface area contributed by atoms with E-state index in [1.807, 2.05) is 0 Å². The second kappa shape index (κ2) is 7.33. The Morgan fingerprint density at radius 3 is 2.68 bits per heavy atom. The highest BCUT2D eigenvalue weighted by atomic mass is 16.5. The van der Waals surface area contributed by atoms with Crippen LogP contribution in [0.4, 0.5) is 4.79 Å². The lowest BCUT2D eigenvalue weighted by atomic mass is 9.98. The highest BCUT2D eigenvalue weighted by Gasteiger charge is 2.29. The second-order valence-corrected chi connectivity index (χ2v) is 5.43. The van der Waals surface area contributed by atoms with Crippen molar-refractivity contribution in [3.05, 3.63) is 0 Å². The third-order valence-corrected chi connectivity index (χ3v) is 3.61. The number of carbonyl (C=O) groups is 2. The number of carboxylic acids is 1. The smallest absolute Gasteiger partial charge is 0.317 e. The Bertz CT molecular complexity index is 320. The van der Waals surface area contributed by atoms with Crippen LogP contribution < -0.4 is 5.32 Å². The summed E-state index contributed by atoms with van der Waals surface area (Å²) in [6.45, 7) is 8.10. The fourth-order valence-corrected chi connectivity index (χ4v) is 1.88. The number of nitrogens with zero attached hydrogens (tertiary/aromatic N) is 1. The maximum Gasteiger partial charge on any atom is 0.317 e. The molecule has 2 amide bonds. The molecule has 110 valence electrons. The first-order chi connectivity index (χ1) is 8.91. The highest BCUT2D eigenvalue weighted by Crippen LogP contribution is 2.12. The number of nitrogens with one attached hydrogen (secondary N) is 1. The lowest BCUT2D eigenvalue weighted by molar-refractivity contribution is -0.139. The molecule has 2 N–H and O–H groups in total. The Balaban J connectivity index is 2.50. The van der Waals surface area contributed by atoms with Crippen LogP contribution >= 0.6 is 0 Å². The van der Waals surface area contributed by atoms with E-state index in [-0.39, 0.29) is 18.5 Å². The van der Waals surface area contributed by atoms with Crippen molar-refractivity contribution in [2.24, 2.45) is 11.8 Å². The predicted octanol–water partition coefficient (Wildman–Crippen LogP) is 1.16. The zero-order valence-corrected chi connectivity index (χ0v) is 11.9. The van der Waals surface area contributed by atoms with Gasteiger partial charge in [0, 0.05) is 13.1 Å². The van der Waals surface area contributed by atoms with E-state index in [0.29, 0.717) is 38.1 Å². The normalized spacial score (nSPS) is 21.3. The number of carbonyl (C=O) groups excluding carboxylic acids is 1. The molecule has 0 bridgehead atoms. The molecule has 1 aliphatic heterocycles. The minimum atomic E-state index is -0.913. The quantitative estimate of drug-likeness (QED) is 0.787. The number of aliphatic carboxylic acids is 1. The molecule has 1 fully saturated rings. The van der Waals surface area contributed by atoms with Crippen molar-refractivity contribution in [1.29, 1.82) is 0 Å². The van der Waals surface area contributed by atoms with E-state index in [2.05, 4.69) is 26.1 Å². The second-order valence-electron chi connectivity index (χ2n) is 5.43. The fraction of sp³-hybridized carbons (Fsp3) is 0.846. The number of morpholine rings is 1. The van der Waals surface area contributed by atoms with Crippen LogP contribution in [0.5, 0.6) is 0 Å². The third-order valence-electron chi connectivity index (χ3n) is 3.61. The Labute approximate surface area is 114 Å². The summed E-state index contributed by atoms with van der Waals surface area (Å²) < 4.78 is 5.24. The van der Waals surface area contributed by atoms with E-state index < -0.39 is 5.97 Å². The van der Waals surface area contributed by atoms with Crippen molar-refractivity contribution in [2.75, 3.05) is 26.3 Å². The van der Waals surface area contributed by atoms with Gasteiger partial charge >= 0.3 is 12.0 Å². The van der Waals surface area contributed by atoms with Gasteiger partial charge in [0.1, 0.15) is 0 Å². The van der Waals surface area contributed by atoms with E-state index in [4.69, 9.17) is 9.84 Å². The van der Waals surface area contributed by atoms with Gasteiger partial charge in [0.05, 0.1) is 25.7 Å². The summed E-state index contributed by atoms with van der Waals surface area (Å²) >= 11 is 0. The van der Waals surface area contributed by atoms with E-state index in [1.165, 1.54) is 0 Å². The van der Waals surface area contributed by atoms with Crippen molar-refractivity contribution >= 4 is 12.0 Å². The van der Waals surface area contributed by atoms with Gasteiger partial charge in [-0.15, -0.1) is 0 Å². The maximum atomic E-state index is 12.1. The summed E-state index contributed by atoms with van der Waals surface area (Å²) in [7, 11) is 0. The number of rotatable bonds is 5. The molecule has 0 aromatic heterocycles. The number of urea groups is 1.